The van der Waals surface area contributed by atoms with Crippen molar-refractivity contribution in [2.45, 2.75) is 33.6 Å². The molecule has 1 aromatic rings. The van der Waals surface area contributed by atoms with Gasteiger partial charge in [0.2, 0.25) is 0 Å². The first-order valence-corrected chi connectivity index (χ1v) is 6.71. The summed E-state index contributed by atoms with van der Waals surface area (Å²) in [5.41, 5.74) is 1.31. The van der Waals surface area contributed by atoms with Crippen LogP contribution in [-0.4, -0.2) is 23.2 Å². The van der Waals surface area contributed by atoms with Crippen molar-refractivity contribution in [3.63, 3.8) is 0 Å². The van der Waals surface area contributed by atoms with E-state index in [1.807, 2.05) is 6.92 Å². The molecule has 0 unspecified atom stereocenters. The van der Waals surface area contributed by atoms with Crippen molar-refractivity contribution >= 4 is 21.7 Å². The van der Waals surface area contributed by atoms with Crippen LogP contribution >= 0.6 is 15.9 Å². The van der Waals surface area contributed by atoms with Crippen molar-refractivity contribution in [1.82, 2.24) is 4.98 Å². The summed E-state index contributed by atoms with van der Waals surface area (Å²) in [6.07, 6.45) is 3.66. The van der Waals surface area contributed by atoms with Crippen LogP contribution in [0.4, 0.5) is 5.82 Å². The number of aliphatic hydroxyl groups excluding tert-OH is 1. The summed E-state index contributed by atoms with van der Waals surface area (Å²) in [5.74, 6) is 0.935. The quantitative estimate of drug-likeness (QED) is 0.847. The van der Waals surface area contributed by atoms with E-state index < -0.39 is 0 Å². The molecule has 0 bridgehead atoms. The maximum atomic E-state index is 8.85. The van der Waals surface area contributed by atoms with Gasteiger partial charge in [-0.15, -0.1) is 0 Å². The molecule has 4 heteroatoms. The zero-order valence-corrected chi connectivity index (χ0v) is 12.3. The van der Waals surface area contributed by atoms with Gasteiger partial charge < -0.3 is 10.4 Å². The lowest BCUT2D eigenvalue weighted by Crippen LogP contribution is -2.24. The van der Waals surface area contributed by atoms with Crippen LogP contribution in [0.2, 0.25) is 0 Å². The molecule has 2 N–H and O–H groups in total. The second-order valence-corrected chi connectivity index (χ2v) is 6.08. The van der Waals surface area contributed by atoms with Crippen molar-refractivity contribution in [3.8, 4) is 0 Å². The first-order valence-electron chi connectivity index (χ1n) is 5.91. The van der Waals surface area contributed by atoms with Gasteiger partial charge in [-0.05, 0) is 52.7 Å². The van der Waals surface area contributed by atoms with Gasteiger partial charge >= 0.3 is 0 Å². The van der Waals surface area contributed by atoms with Crippen LogP contribution in [0.1, 0.15) is 32.3 Å². The van der Waals surface area contributed by atoms with Gasteiger partial charge in [-0.25, -0.2) is 4.98 Å². The number of rotatable bonds is 6. The van der Waals surface area contributed by atoms with Gasteiger partial charge in [-0.3, -0.25) is 0 Å². The van der Waals surface area contributed by atoms with E-state index >= 15 is 0 Å². The molecule has 0 aliphatic carbocycles. The van der Waals surface area contributed by atoms with Gasteiger partial charge in [0, 0.05) is 23.8 Å². The van der Waals surface area contributed by atoms with Crippen molar-refractivity contribution in [2.24, 2.45) is 5.41 Å². The zero-order valence-electron chi connectivity index (χ0n) is 10.8. The van der Waals surface area contributed by atoms with E-state index in [-0.39, 0.29) is 12.0 Å². The first-order chi connectivity index (χ1) is 7.94. The Hall–Kier alpha value is -0.610. The minimum absolute atomic E-state index is 0.171. The average Bonchev–Trinajstić information content (AvgIpc) is 2.25. The topological polar surface area (TPSA) is 45.2 Å². The number of aliphatic hydroxyl groups is 1. The number of pyridine rings is 1. The summed E-state index contributed by atoms with van der Waals surface area (Å²) in [4.78, 5) is 4.35. The lowest BCUT2D eigenvalue weighted by molar-refractivity contribution is 0.248. The van der Waals surface area contributed by atoms with Crippen LogP contribution in [0.3, 0.4) is 0 Å². The Bertz CT molecular complexity index is 366. The van der Waals surface area contributed by atoms with Gasteiger partial charge in [-0.2, -0.15) is 0 Å². The minimum atomic E-state index is 0.171. The van der Waals surface area contributed by atoms with E-state index in [2.05, 4.69) is 46.1 Å². The molecule has 17 heavy (non-hydrogen) atoms. The molecule has 96 valence electrons. The lowest BCUT2D eigenvalue weighted by Gasteiger charge is -2.25. The number of aromatic nitrogens is 1. The maximum Gasteiger partial charge on any atom is 0.128 e. The summed E-state index contributed by atoms with van der Waals surface area (Å²) >= 11 is 3.40. The second kappa shape index (κ2) is 6.36. The van der Waals surface area contributed by atoms with Crippen LogP contribution in [0, 0.1) is 12.3 Å². The monoisotopic (exact) mass is 300 g/mol. The molecule has 0 aliphatic rings. The zero-order chi connectivity index (χ0) is 12.9. The summed E-state index contributed by atoms with van der Waals surface area (Å²) < 4.78 is 1.00. The molecular formula is C13H21BrN2O. The summed E-state index contributed by atoms with van der Waals surface area (Å²) in [6, 6.07) is 2.05. The smallest absolute Gasteiger partial charge is 0.128 e. The third-order valence-corrected chi connectivity index (χ3v) is 3.22. The number of nitrogens with zero attached hydrogens (tertiary/aromatic N) is 1. The van der Waals surface area contributed by atoms with E-state index in [1.54, 1.807) is 6.20 Å². The molecule has 0 saturated carbocycles. The van der Waals surface area contributed by atoms with E-state index in [0.717, 1.165) is 35.2 Å². The SMILES string of the molecule is Cc1cc(Br)cnc1NCC(C)(C)CCCO. The highest BCUT2D eigenvalue weighted by atomic mass is 79.9. The van der Waals surface area contributed by atoms with Crippen LogP contribution in [-0.2, 0) is 0 Å². The number of aryl methyl sites for hydroxylation is 1. The van der Waals surface area contributed by atoms with Crippen LogP contribution in [0.15, 0.2) is 16.7 Å². The Morgan fingerprint density at radius 3 is 2.76 bits per heavy atom. The Morgan fingerprint density at radius 2 is 2.18 bits per heavy atom. The van der Waals surface area contributed by atoms with Gasteiger partial charge in [0.1, 0.15) is 5.82 Å². The number of nitrogens with one attached hydrogen (secondary N) is 1. The van der Waals surface area contributed by atoms with Crippen LogP contribution < -0.4 is 5.32 Å². The van der Waals surface area contributed by atoms with E-state index in [1.165, 1.54) is 0 Å². The van der Waals surface area contributed by atoms with E-state index in [4.69, 9.17) is 5.11 Å². The van der Waals surface area contributed by atoms with Gasteiger partial charge in [0.25, 0.3) is 0 Å². The number of anilines is 1. The van der Waals surface area contributed by atoms with Gasteiger partial charge in [0.05, 0.1) is 0 Å². The summed E-state index contributed by atoms with van der Waals surface area (Å²) in [5, 5.41) is 12.2. The first kappa shape index (κ1) is 14.5. The Balaban J connectivity index is 2.54. The fourth-order valence-corrected chi connectivity index (χ4v) is 2.14. The molecule has 1 heterocycles. The largest absolute Gasteiger partial charge is 0.396 e. The molecule has 3 nitrogen and oxygen atoms in total. The standard InChI is InChI=1S/C13H21BrN2O/c1-10-7-11(14)8-15-12(10)16-9-13(2,3)5-4-6-17/h7-8,17H,4-6,9H2,1-3H3,(H,15,16). The Labute approximate surface area is 112 Å². The maximum absolute atomic E-state index is 8.85. The van der Waals surface area contributed by atoms with Crippen molar-refractivity contribution < 1.29 is 5.11 Å². The highest BCUT2D eigenvalue weighted by molar-refractivity contribution is 9.10. The molecule has 0 saturated heterocycles. The fourth-order valence-electron chi connectivity index (χ4n) is 1.69. The minimum Gasteiger partial charge on any atom is -0.396 e. The van der Waals surface area contributed by atoms with Gasteiger partial charge in [-0.1, -0.05) is 13.8 Å². The predicted molar refractivity (Wildman–Crippen MR) is 75.3 cm³/mol. The van der Waals surface area contributed by atoms with Crippen molar-refractivity contribution in [2.75, 3.05) is 18.5 Å². The third kappa shape index (κ3) is 5.04. The number of hydrogen-bond donors (Lipinski definition) is 2. The molecule has 0 spiro atoms. The Morgan fingerprint density at radius 1 is 1.47 bits per heavy atom. The molecular weight excluding hydrogens is 280 g/mol. The second-order valence-electron chi connectivity index (χ2n) is 5.16. The lowest BCUT2D eigenvalue weighted by atomic mass is 9.88. The van der Waals surface area contributed by atoms with E-state index in [9.17, 15) is 0 Å². The van der Waals surface area contributed by atoms with Crippen LogP contribution in [0.25, 0.3) is 0 Å². The normalized spacial score (nSPS) is 11.6. The molecule has 0 fully saturated rings. The van der Waals surface area contributed by atoms with Crippen molar-refractivity contribution in [1.29, 1.82) is 0 Å². The number of hydrogen-bond acceptors (Lipinski definition) is 3. The molecule has 1 aromatic heterocycles. The predicted octanol–water partition coefficient (Wildman–Crippen LogP) is 3.36. The number of halogens is 1. The van der Waals surface area contributed by atoms with Crippen LogP contribution in [0.5, 0.6) is 0 Å². The molecule has 0 amide bonds. The average molecular weight is 301 g/mol. The van der Waals surface area contributed by atoms with E-state index in [0.29, 0.717) is 0 Å². The van der Waals surface area contributed by atoms with Gasteiger partial charge in [0.15, 0.2) is 0 Å². The molecule has 0 atom stereocenters. The molecule has 1 rings (SSSR count). The summed E-state index contributed by atoms with van der Waals surface area (Å²) in [6.45, 7) is 7.57. The highest BCUT2D eigenvalue weighted by Crippen LogP contribution is 2.24. The summed E-state index contributed by atoms with van der Waals surface area (Å²) in [7, 11) is 0. The Kier molecular flexibility index (Phi) is 5.40. The highest BCUT2D eigenvalue weighted by Gasteiger charge is 2.17. The van der Waals surface area contributed by atoms with Crippen molar-refractivity contribution in [3.05, 3.63) is 22.3 Å². The molecule has 0 aromatic carbocycles. The molecule has 0 radical (unpaired) electrons. The molecule has 0 aliphatic heterocycles. The third-order valence-electron chi connectivity index (χ3n) is 2.79. The fraction of sp³-hybridized carbons (Fsp3) is 0.615.